The van der Waals surface area contributed by atoms with Crippen LogP contribution in [0.1, 0.15) is 93.8 Å². The van der Waals surface area contributed by atoms with Crippen LogP contribution in [0.25, 0.3) is 22.4 Å². The number of carbonyl (C=O) groups excluding carboxylic acids is 4. The van der Waals surface area contributed by atoms with E-state index >= 15 is 0 Å². The number of amides is 4. The van der Waals surface area contributed by atoms with E-state index < -0.39 is 17.7 Å². The number of nitrogens with one attached hydrogen (secondary N) is 3. The van der Waals surface area contributed by atoms with Crippen LogP contribution in [0, 0.1) is 5.92 Å². The highest BCUT2D eigenvalue weighted by Gasteiger charge is 2.38. The molecule has 0 bridgehead atoms. The molecule has 51 heavy (non-hydrogen) atoms. The van der Waals surface area contributed by atoms with Gasteiger partial charge in [0.1, 0.15) is 17.5 Å². The summed E-state index contributed by atoms with van der Waals surface area (Å²) in [7, 11) is 1.30. The zero-order valence-electron chi connectivity index (χ0n) is 30.5. The van der Waals surface area contributed by atoms with Gasteiger partial charge in [-0.1, -0.05) is 44.2 Å². The van der Waals surface area contributed by atoms with Gasteiger partial charge in [0.2, 0.25) is 5.91 Å². The minimum Gasteiger partial charge on any atom is -0.453 e. The van der Waals surface area contributed by atoms with Crippen molar-refractivity contribution >= 4 is 24.0 Å². The first-order chi connectivity index (χ1) is 24.3. The molecule has 0 radical (unpaired) electrons. The molecular formula is C39H50N6O6. The lowest BCUT2D eigenvalue weighted by Gasteiger charge is -2.30. The summed E-state index contributed by atoms with van der Waals surface area (Å²) in [6, 6.07) is 13.0. The van der Waals surface area contributed by atoms with Crippen LogP contribution in [0.2, 0.25) is 0 Å². The summed E-state index contributed by atoms with van der Waals surface area (Å²) in [6.45, 7) is 11.0. The highest BCUT2D eigenvalue weighted by Crippen LogP contribution is 2.38. The molecule has 3 aromatic rings. The van der Waals surface area contributed by atoms with E-state index in [-0.39, 0.29) is 35.9 Å². The second kappa shape index (κ2) is 14.8. The molecule has 3 atom stereocenters. The molecule has 12 nitrogen and oxygen atoms in total. The molecule has 2 fully saturated rings. The van der Waals surface area contributed by atoms with E-state index in [4.69, 9.17) is 14.5 Å². The maximum Gasteiger partial charge on any atom is 0.410 e. The molecule has 1 aromatic heterocycles. The second-order valence-electron chi connectivity index (χ2n) is 15.1. The number of rotatable bonds is 8. The molecule has 3 aliphatic rings. The third kappa shape index (κ3) is 7.89. The van der Waals surface area contributed by atoms with Crippen molar-refractivity contribution in [3.8, 4) is 22.4 Å². The summed E-state index contributed by atoms with van der Waals surface area (Å²) < 4.78 is 10.3. The van der Waals surface area contributed by atoms with E-state index in [1.165, 1.54) is 12.7 Å². The number of fused-ring (bicyclic) bond motifs is 3. The van der Waals surface area contributed by atoms with Gasteiger partial charge in [0.15, 0.2) is 0 Å². The van der Waals surface area contributed by atoms with Gasteiger partial charge in [0.05, 0.1) is 24.9 Å². The number of methoxy groups -OCH3 is 1. The highest BCUT2D eigenvalue weighted by molar-refractivity contribution is 5.94. The molecule has 1 unspecified atom stereocenters. The number of carbonyl (C=O) groups is 4. The van der Waals surface area contributed by atoms with Crippen LogP contribution in [0.5, 0.6) is 0 Å². The van der Waals surface area contributed by atoms with Crippen molar-refractivity contribution in [2.24, 2.45) is 5.92 Å². The molecular weight excluding hydrogens is 648 g/mol. The van der Waals surface area contributed by atoms with Crippen LogP contribution in [0.3, 0.4) is 0 Å². The number of ether oxygens (including phenoxy) is 2. The zero-order chi connectivity index (χ0) is 36.4. The fourth-order valence-corrected chi connectivity index (χ4v) is 7.39. The lowest BCUT2D eigenvalue weighted by atomic mass is 9.89. The van der Waals surface area contributed by atoms with Crippen LogP contribution >= 0.6 is 0 Å². The van der Waals surface area contributed by atoms with E-state index in [1.54, 1.807) is 4.90 Å². The number of aryl methyl sites for hydroxylation is 2. The zero-order valence-corrected chi connectivity index (χ0v) is 30.5. The van der Waals surface area contributed by atoms with Gasteiger partial charge in [-0.05, 0) is 94.0 Å². The van der Waals surface area contributed by atoms with Crippen LogP contribution in [0.4, 0.5) is 9.59 Å². The molecule has 0 spiro atoms. The maximum absolute atomic E-state index is 13.6. The Hall–Kier alpha value is -4.87. The molecule has 1 aliphatic carbocycles. The standard InChI is InChI=1S/C39H50N6O6/c1-23(2)32(43-37(48)50-6)36(47)45-20-8-10-31(45)34-41-30-18-16-27-21-26(15-17-29(27)33(30)42-34)24-11-13-25(14-12-24)35(46)40-22-28-9-7-19-44(28)38(49)51-39(3,4)5/h11-15,17,21,23,28,31-32H,7-10,16,18-20,22H2,1-6H3,(H,40,46)(H,41,42)(H,43,48)/t28?,31-,32-/m0/s1. The molecule has 2 saturated heterocycles. The molecule has 3 N–H and O–H groups in total. The number of imidazole rings is 1. The van der Waals surface area contributed by atoms with Crippen LogP contribution in [0.15, 0.2) is 42.5 Å². The van der Waals surface area contributed by atoms with Crippen molar-refractivity contribution in [1.82, 2.24) is 30.4 Å². The number of benzene rings is 2. The number of nitrogens with zero attached hydrogens (tertiary/aromatic N) is 3. The van der Waals surface area contributed by atoms with Crippen LogP contribution in [-0.2, 0) is 27.1 Å². The Bertz CT molecular complexity index is 1780. The lowest BCUT2D eigenvalue weighted by Crippen LogP contribution is -2.51. The van der Waals surface area contributed by atoms with E-state index in [1.807, 2.05) is 63.8 Å². The molecule has 272 valence electrons. The van der Waals surface area contributed by atoms with E-state index in [9.17, 15) is 19.2 Å². The van der Waals surface area contributed by atoms with Gasteiger partial charge in [-0.15, -0.1) is 0 Å². The Morgan fingerprint density at radius 1 is 0.961 bits per heavy atom. The van der Waals surface area contributed by atoms with Gasteiger partial charge in [0, 0.05) is 36.5 Å². The fraction of sp³-hybridized carbons (Fsp3) is 0.513. The predicted octanol–water partition coefficient (Wildman–Crippen LogP) is 6.02. The maximum atomic E-state index is 13.6. The first-order valence-corrected chi connectivity index (χ1v) is 18.1. The summed E-state index contributed by atoms with van der Waals surface area (Å²) in [4.78, 5) is 63.4. The molecule has 6 rings (SSSR count). The average Bonchev–Trinajstić information content (AvgIpc) is 3.88. The Morgan fingerprint density at radius 3 is 2.37 bits per heavy atom. The third-order valence-electron chi connectivity index (χ3n) is 10.0. The summed E-state index contributed by atoms with van der Waals surface area (Å²) in [5, 5.41) is 5.72. The lowest BCUT2D eigenvalue weighted by molar-refractivity contribution is -0.135. The quantitative estimate of drug-likeness (QED) is 0.261. The molecule has 12 heteroatoms. The van der Waals surface area contributed by atoms with E-state index in [0.29, 0.717) is 25.2 Å². The number of alkyl carbamates (subject to hydrolysis) is 1. The summed E-state index contributed by atoms with van der Waals surface area (Å²) in [5.74, 6) is 0.381. The summed E-state index contributed by atoms with van der Waals surface area (Å²) in [5.41, 5.74) is 6.34. The monoisotopic (exact) mass is 698 g/mol. The Kier molecular flexibility index (Phi) is 10.4. The molecule has 2 aromatic carbocycles. The largest absolute Gasteiger partial charge is 0.453 e. The minimum absolute atomic E-state index is 0.0863. The predicted molar refractivity (Wildman–Crippen MR) is 193 cm³/mol. The van der Waals surface area contributed by atoms with E-state index in [2.05, 4.69) is 33.8 Å². The fourth-order valence-electron chi connectivity index (χ4n) is 7.39. The number of aromatic amines is 1. The molecule has 0 saturated carbocycles. The number of likely N-dealkylation sites (tertiary alicyclic amines) is 2. The van der Waals surface area contributed by atoms with Crippen LogP contribution < -0.4 is 10.6 Å². The smallest absolute Gasteiger partial charge is 0.410 e. The topological polar surface area (TPSA) is 146 Å². The molecule has 4 amide bonds. The van der Waals surface area contributed by atoms with Crippen molar-refractivity contribution in [2.45, 2.75) is 96.9 Å². The molecule has 3 heterocycles. The van der Waals surface area contributed by atoms with Gasteiger partial charge in [-0.3, -0.25) is 9.59 Å². The van der Waals surface area contributed by atoms with Crippen molar-refractivity contribution < 1.29 is 28.7 Å². The first kappa shape index (κ1) is 35.9. The van der Waals surface area contributed by atoms with Gasteiger partial charge in [-0.25, -0.2) is 14.6 Å². The third-order valence-corrected chi connectivity index (χ3v) is 10.0. The van der Waals surface area contributed by atoms with Gasteiger partial charge in [0.25, 0.3) is 5.91 Å². The second-order valence-corrected chi connectivity index (χ2v) is 15.1. The number of hydrogen-bond donors (Lipinski definition) is 3. The summed E-state index contributed by atoms with van der Waals surface area (Å²) in [6.07, 6.45) is 4.07. The van der Waals surface area contributed by atoms with Gasteiger partial charge < -0.3 is 34.9 Å². The Labute approximate surface area is 299 Å². The number of hydrogen-bond acceptors (Lipinski definition) is 7. The van der Waals surface area contributed by atoms with Crippen LogP contribution in [-0.4, -0.2) is 88.2 Å². The number of H-pyrrole nitrogens is 1. The van der Waals surface area contributed by atoms with Crippen molar-refractivity contribution in [3.63, 3.8) is 0 Å². The Balaban J connectivity index is 1.11. The average molecular weight is 699 g/mol. The normalized spacial score (nSPS) is 19.0. The summed E-state index contributed by atoms with van der Waals surface area (Å²) >= 11 is 0. The molecule has 2 aliphatic heterocycles. The number of aromatic nitrogens is 2. The minimum atomic E-state index is -0.682. The SMILES string of the molecule is COC(=O)N[C@H](C(=O)N1CCC[C@H]1c1nc2c([nH]1)CCc1cc(-c3ccc(C(=O)NCC4CCCN4C(=O)OC(C)(C)C)cc3)ccc1-2)C(C)C. The Morgan fingerprint density at radius 2 is 1.67 bits per heavy atom. The van der Waals surface area contributed by atoms with Crippen molar-refractivity contribution in [1.29, 1.82) is 0 Å². The van der Waals surface area contributed by atoms with E-state index in [0.717, 1.165) is 72.4 Å². The van der Waals surface area contributed by atoms with Crippen molar-refractivity contribution in [3.05, 3.63) is 65.1 Å². The highest BCUT2D eigenvalue weighted by atomic mass is 16.6. The first-order valence-electron chi connectivity index (χ1n) is 18.1. The van der Waals surface area contributed by atoms with Crippen molar-refractivity contribution in [2.75, 3.05) is 26.7 Å². The van der Waals surface area contributed by atoms with Gasteiger partial charge in [-0.2, -0.15) is 0 Å². The van der Waals surface area contributed by atoms with Gasteiger partial charge >= 0.3 is 12.2 Å².